The van der Waals surface area contributed by atoms with Crippen LogP contribution in [0.1, 0.15) is 45.1 Å². The highest BCUT2D eigenvalue weighted by Gasteiger charge is 2.18. The number of hydrogen-bond donors (Lipinski definition) is 3. The van der Waals surface area contributed by atoms with Gasteiger partial charge in [-0.1, -0.05) is 38.8 Å². The molecule has 1 unspecified atom stereocenters. The minimum absolute atomic E-state index is 0.415. The summed E-state index contributed by atoms with van der Waals surface area (Å²) in [6.07, 6.45) is 4.43. The van der Waals surface area contributed by atoms with Crippen molar-refractivity contribution >= 4 is 17.7 Å². The van der Waals surface area contributed by atoms with Crippen LogP contribution >= 0.6 is 0 Å². The van der Waals surface area contributed by atoms with Gasteiger partial charge in [0.25, 0.3) is 0 Å². The van der Waals surface area contributed by atoms with Crippen LogP contribution in [0.5, 0.6) is 0 Å². The highest BCUT2D eigenvalue weighted by Crippen LogP contribution is 2.11. The lowest BCUT2D eigenvalue weighted by Gasteiger charge is -2.14. The molecule has 0 aromatic heterocycles. The molecule has 0 aliphatic carbocycles. The first kappa shape index (κ1) is 17.0. The maximum absolute atomic E-state index is 11.8. The third-order valence-corrected chi connectivity index (χ3v) is 3.21. The molecule has 0 radical (unpaired) electrons. The maximum atomic E-state index is 11.8. The Kier molecular flexibility index (Phi) is 7.29. The highest BCUT2D eigenvalue weighted by atomic mass is 16.4. The summed E-state index contributed by atoms with van der Waals surface area (Å²) in [5.74, 6) is -1.01. The van der Waals surface area contributed by atoms with Gasteiger partial charge in [0.1, 0.15) is 6.04 Å². The number of urea groups is 1. The molecule has 0 heterocycles. The Balaban J connectivity index is 2.52. The molecule has 1 atom stereocenters. The number of carbonyl (C=O) groups is 2. The first-order valence-corrected chi connectivity index (χ1v) is 7.46. The summed E-state index contributed by atoms with van der Waals surface area (Å²) in [6, 6.07) is 6.29. The number of rotatable bonds is 8. The fraction of sp³-hybridized carbons (Fsp3) is 0.500. The summed E-state index contributed by atoms with van der Waals surface area (Å²) in [6.45, 7) is 4.03. The van der Waals surface area contributed by atoms with E-state index in [-0.39, 0.29) is 0 Å². The van der Waals surface area contributed by atoms with Crippen LogP contribution in [0.25, 0.3) is 0 Å². The van der Waals surface area contributed by atoms with Gasteiger partial charge in [-0.25, -0.2) is 9.59 Å². The van der Waals surface area contributed by atoms with E-state index in [1.165, 1.54) is 5.56 Å². The van der Waals surface area contributed by atoms with Crippen LogP contribution in [0.4, 0.5) is 10.5 Å². The Hall–Kier alpha value is -2.04. The summed E-state index contributed by atoms with van der Waals surface area (Å²) in [7, 11) is 0. The van der Waals surface area contributed by atoms with E-state index in [4.69, 9.17) is 5.11 Å². The molecule has 5 nitrogen and oxygen atoms in total. The molecule has 3 N–H and O–H groups in total. The predicted octanol–water partition coefficient (Wildman–Crippen LogP) is 3.40. The molecule has 1 aromatic rings. The number of aryl methyl sites for hydroxylation is 1. The highest BCUT2D eigenvalue weighted by molar-refractivity contribution is 5.92. The average Bonchev–Trinajstić information content (AvgIpc) is 2.46. The van der Waals surface area contributed by atoms with Crippen LogP contribution in [-0.2, 0) is 11.2 Å². The van der Waals surface area contributed by atoms with Gasteiger partial charge >= 0.3 is 12.0 Å². The minimum atomic E-state index is -1.01. The Bertz CT molecular complexity index is 457. The topological polar surface area (TPSA) is 78.4 Å². The number of benzene rings is 1. The van der Waals surface area contributed by atoms with Crippen LogP contribution in [0.15, 0.2) is 24.3 Å². The average molecular weight is 292 g/mol. The minimum Gasteiger partial charge on any atom is -0.480 e. The normalized spacial score (nSPS) is 11.7. The standard InChI is InChI=1S/C16H24N2O3/c1-3-5-7-12-8-10-13(11-9-12)17-16(21)18-14(6-4-2)15(19)20/h8-11,14H,3-7H2,1-2H3,(H,19,20)(H2,17,18,21). The second-order valence-corrected chi connectivity index (χ2v) is 5.08. The van der Waals surface area contributed by atoms with E-state index in [0.717, 1.165) is 19.3 Å². The first-order valence-electron chi connectivity index (χ1n) is 7.46. The lowest BCUT2D eigenvalue weighted by atomic mass is 10.1. The van der Waals surface area contributed by atoms with Crippen molar-refractivity contribution in [1.82, 2.24) is 5.32 Å². The van der Waals surface area contributed by atoms with Gasteiger partial charge in [0.15, 0.2) is 0 Å². The number of nitrogens with one attached hydrogen (secondary N) is 2. The van der Waals surface area contributed by atoms with Crippen molar-refractivity contribution in [1.29, 1.82) is 0 Å². The molecule has 0 saturated heterocycles. The van der Waals surface area contributed by atoms with Crippen LogP contribution in [0, 0.1) is 0 Å². The van der Waals surface area contributed by atoms with E-state index in [9.17, 15) is 9.59 Å². The van der Waals surface area contributed by atoms with Crippen molar-refractivity contribution in [3.8, 4) is 0 Å². The number of amides is 2. The lowest BCUT2D eigenvalue weighted by molar-refractivity contribution is -0.139. The van der Waals surface area contributed by atoms with Crippen LogP contribution < -0.4 is 10.6 Å². The number of hydrogen-bond acceptors (Lipinski definition) is 2. The van der Waals surface area contributed by atoms with Crippen molar-refractivity contribution in [3.05, 3.63) is 29.8 Å². The Labute approximate surface area is 125 Å². The molecular weight excluding hydrogens is 268 g/mol. The largest absolute Gasteiger partial charge is 0.480 e. The zero-order valence-electron chi connectivity index (χ0n) is 12.7. The predicted molar refractivity (Wildman–Crippen MR) is 83.5 cm³/mol. The van der Waals surface area contributed by atoms with Crippen LogP contribution in [0.3, 0.4) is 0 Å². The van der Waals surface area contributed by atoms with Gasteiger partial charge in [-0.3, -0.25) is 0 Å². The second-order valence-electron chi connectivity index (χ2n) is 5.08. The Morgan fingerprint density at radius 3 is 2.33 bits per heavy atom. The van der Waals surface area contributed by atoms with E-state index < -0.39 is 18.0 Å². The molecule has 0 aliphatic heterocycles. The molecule has 1 rings (SSSR count). The maximum Gasteiger partial charge on any atom is 0.326 e. The number of carboxylic acids is 1. The fourth-order valence-electron chi connectivity index (χ4n) is 2.01. The number of unbranched alkanes of at least 4 members (excludes halogenated alkanes) is 1. The molecule has 0 saturated carbocycles. The number of carboxylic acid groups (broad SMARTS) is 1. The van der Waals surface area contributed by atoms with Gasteiger partial charge in [-0.15, -0.1) is 0 Å². The van der Waals surface area contributed by atoms with Gasteiger partial charge in [-0.05, 0) is 37.0 Å². The van der Waals surface area contributed by atoms with E-state index in [1.807, 2.05) is 31.2 Å². The molecule has 116 valence electrons. The smallest absolute Gasteiger partial charge is 0.326 e. The molecule has 5 heteroatoms. The van der Waals surface area contributed by atoms with E-state index in [2.05, 4.69) is 17.6 Å². The summed E-state index contributed by atoms with van der Waals surface area (Å²) in [4.78, 5) is 22.8. The summed E-state index contributed by atoms with van der Waals surface area (Å²) in [5.41, 5.74) is 1.89. The van der Waals surface area contributed by atoms with Gasteiger partial charge < -0.3 is 15.7 Å². The Morgan fingerprint density at radius 1 is 1.14 bits per heavy atom. The molecule has 1 aromatic carbocycles. The molecule has 0 bridgehead atoms. The molecule has 0 aliphatic rings. The first-order chi connectivity index (χ1) is 10.1. The van der Waals surface area contributed by atoms with Gasteiger partial charge in [0.2, 0.25) is 0 Å². The van der Waals surface area contributed by atoms with Crippen molar-refractivity contribution in [2.75, 3.05) is 5.32 Å². The van der Waals surface area contributed by atoms with E-state index in [0.29, 0.717) is 18.5 Å². The number of anilines is 1. The SMILES string of the molecule is CCCCc1ccc(NC(=O)NC(CCC)C(=O)O)cc1. The van der Waals surface area contributed by atoms with Gasteiger partial charge in [0.05, 0.1) is 0 Å². The molecule has 2 amide bonds. The van der Waals surface area contributed by atoms with Gasteiger partial charge in [0, 0.05) is 5.69 Å². The van der Waals surface area contributed by atoms with E-state index >= 15 is 0 Å². The monoisotopic (exact) mass is 292 g/mol. The number of carbonyl (C=O) groups excluding carboxylic acids is 1. The third kappa shape index (κ3) is 6.29. The molecule has 0 spiro atoms. The van der Waals surface area contributed by atoms with Crippen molar-refractivity contribution in [3.63, 3.8) is 0 Å². The lowest BCUT2D eigenvalue weighted by Crippen LogP contribution is -2.42. The van der Waals surface area contributed by atoms with Gasteiger partial charge in [-0.2, -0.15) is 0 Å². The third-order valence-electron chi connectivity index (χ3n) is 3.21. The fourth-order valence-corrected chi connectivity index (χ4v) is 2.01. The molecule has 21 heavy (non-hydrogen) atoms. The summed E-state index contributed by atoms with van der Waals surface area (Å²) >= 11 is 0. The quantitative estimate of drug-likeness (QED) is 0.687. The van der Waals surface area contributed by atoms with Crippen molar-refractivity contribution < 1.29 is 14.7 Å². The molecule has 0 fully saturated rings. The van der Waals surface area contributed by atoms with Crippen molar-refractivity contribution in [2.45, 2.75) is 52.0 Å². The van der Waals surface area contributed by atoms with Crippen molar-refractivity contribution in [2.24, 2.45) is 0 Å². The molecular formula is C16H24N2O3. The van der Waals surface area contributed by atoms with Crippen LogP contribution in [-0.4, -0.2) is 23.1 Å². The zero-order chi connectivity index (χ0) is 15.7. The summed E-state index contributed by atoms with van der Waals surface area (Å²) < 4.78 is 0. The summed E-state index contributed by atoms with van der Waals surface area (Å²) in [5, 5.41) is 14.1. The van der Waals surface area contributed by atoms with E-state index in [1.54, 1.807) is 0 Å². The van der Waals surface area contributed by atoms with Crippen LogP contribution in [0.2, 0.25) is 0 Å². The number of aliphatic carboxylic acids is 1. The zero-order valence-corrected chi connectivity index (χ0v) is 12.7. The second kappa shape index (κ2) is 9.00. The Morgan fingerprint density at radius 2 is 1.81 bits per heavy atom.